The first-order valence-electron chi connectivity index (χ1n) is 11.6. The zero-order chi connectivity index (χ0) is 25.5. The first-order valence-corrected chi connectivity index (χ1v) is 14.2. The van der Waals surface area contributed by atoms with Gasteiger partial charge in [-0.15, -0.1) is 0 Å². The number of rotatable bonds is 3. The molecule has 1 fully saturated rings. The normalized spacial score (nSPS) is 29.1. The number of likely N-dealkylation sites (N-methyl/N-ethyl adjacent to an activating group) is 2. The molecular formula is C27H24BrN3O4S. The third-order valence-corrected chi connectivity index (χ3v) is 12.1. The number of nitrogens with one attached hydrogen (secondary N) is 1. The van der Waals surface area contributed by atoms with Crippen LogP contribution in [0.1, 0.15) is 11.1 Å². The average molecular weight is 566 g/mol. The van der Waals surface area contributed by atoms with Crippen LogP contribution in [0.25, 0.3) is 0 Å². The molecule has 3 aliphatic heterocycles. The van der Waals surface area contributed by atoms with E-state index >= 15 is 0 Å². The summed E-state index contributed by atoms with van der Waals surface area (Å²) in [7, 11) is -0.793. The topological polar surface area (TPSA) is 86.8 Å². The van der Waals surface area contributed by atoms with Crippen LogP contribution in [0, 0.1) is 0 Å². The van der Waals surface area contributed by atoms with Crippen LogP contribution in [-0.4, -0.2) is 55.8 Å². The van der Waals surface area contributed by atoms with E-state index in [0.717, 1.165) is 0 Å². The number of hydrogen-bond acceptors (Lipinski definition) is 5. The molecule has 3 aromatic rings. The lowest BCUT2D eigenvalue weighted by molar-refractivity contribution is -0.137. The average Bonchev–Trinajstić information content (AvgIpc) is 3.42. The van der Waals surface area contributed by atoms with Crippen molar-refractivity contribution < 1.29 is 18.0 Å². The molecule has 2 amide bonds. The van der Waals surface area contributed by atoms with E-state index in [1.54, 1.807) is 73.6 Å². The van der Waals surface area contributed by atoms with Crippen LogP contribution in [0.4, 0.5) is 11.4 Å². The standard InChI is InChI=1S/C27H24BrN3O4S/c1-30-17-25(16-28,36(34,35)18-10-4-3-5-11-18)26(20-13-7-9-15-22(20)31(2)24(26)33)27(30)19-12-6-8-14-21(19)29-23(27)32/h3-15H,16-17H2,1-2H3,(H,29,32)/t25-,26+,27+/m0/s1. The number of amides is 2. The second-order valence-corrected chi connectivity index (χ2v) is 12.5. The Morgan fingerprint density at radius 3 is 2.19 bits per heavy atom. The summed E-state index contributed by atoms with van der Waals surface area (Å²) in [6.07, 6.45) is 0. The summed E-state index contributed by atoms with van der Waals surface area (Å²) >= 11 is 3.56. The molecule has 0 aliphatic carbocycles. The van der Waals surface area contributed by atoms with Crippen LogP contribution in [0.15, 0.2) is 83.8 Å². The van der Waals surface area contributed by atoms with Gasteiger partial charge in [-0.3, -0.25) is 14.5 Å². The van der Waals surface area contributed by atoms with Gasteiger partial charge in [0.15, 0.2) is 9.84 Å². The maximum atomic E-state index is 14.8. The second-order valence-electron chi connectivity index (χ2n) is 9.64. The first-order chi connectivity index (χ1) is 17.2. The highest BCUT2D eigenvalue weighted by atomic mass is 79.9. The number of carbonyl (C=O) groups excluding carboxylic acids is 2. The maximum absolute atomic E-state index is 14.8. The maximum Gasteiger partial charge on any atom is 0.251 e. The largest absolute Gasteiger partial charge is 0.324 e. The van der Waals surface area contributed by atoms with Crippen LogP contribution >= 0.6 is 15.9 Å². The summed E-state index contributed by atoms with van der Waals surface area (Å²) in [6.45, 7) is -0.0366. The second kappa shape index (κ2) is 7.50. The molecular weight excluding hydrogens is 542 g/mol. The summed E-state index contributed by atoms with van der Waals surface area (Å²) in [5, 5.41) is 2.92. The fourth-order valence-electron chi connectivity index (χ4n) is 6.91. The van der Waals surface area contributed by atoms with Gasteiger partial charge in [0.1, 0.15) is 15.7 Å². The number of nitrogens with zero attached hydrogens (tertiary/aromatic N) is 2. The zero-order valence-electron chi connectivity index (χ0n) is 19.7. The smallest absolute Gasteiger partial charge is 0.251 e. The fraction of sp³-hybridized carbons (Fsp3) is 0.259. The summed E-state index contributed by atoms with van der Waals surface area (Å²) in [6, 6.07) is 22.7. The third-order valence-electron chi connectivity index (χ3n) is 8.26. The van der Waals surface area contributed by atoms with Crippen LogP contribution in [-0.2, 0) is 30.4 Å². The molecule has 1 N–H and O–H groups in total. The van der Waals surface area contributed by atoms with E-state index in [9.17, 15) is 18.0 Å². The van der Waals surface area contributed by atoms with Crippen molar-refractivity contribution in [3.05, 3.63) is 90.0 Å². The van der Waals surface area contributed by atoms with Gasteiger partial charge in [0.25, 0.3) is 5.91 Å². The van der Waals surface area contributed by atoms with E-state index in [2.05, 4.69) is 21.2 Å². The molecule has 184 valence electrons. The van der Waals surface area contributed by atoms with Crippen LogP contribution in [0.5, 0.6) is 0 Å². The number of halogens is 1. The molecule has 3 heterocycles. The summed E-state index contributed by atoms with van der Waals surface area (Å²) in [5.41, 5.74) is -1.04. The molecule has 0 saturated carbocycles. The highest BCUT2D eigenvalue weighted by Crippen LogP contribution is 2.68. The Morgan fingerprint density at radius 1 is 0.889 bits per heavy atom. The number of benzene rings is 3. The van der Waals surface area contributed by atoms with Gasteiger partial charge in [-0.2, -0.15) is 0 Å². The fourth-order valence-corrected chi connectivity index (χ4v) is 10.6. The Morgan fingerprint density at radius 2 is 1.50 bits per heavy atom. The molecule has 3 aliphatic rings. The number of carbonyl (C=O) groups is 2. The lowest BCUT2D eigenvalue weighted by Crippen LogP contribution is -2.69. The predicted octanol–water partition coefficient (Wildman–Crippen LogP) is 3.30. The van der Waals surface area contributed by atoms with Crippen molar-refractivity contribution in [3.8, 4) is 0 Å². The summed E-state index contributed by atoms with van der Waals surface area (Å²) in [5.74, 6) is -0.824. The van der Waals surface area contributed by atoms with Crippen molar-refractivity contribution in [1.82, 2.24) is 4.90 Å². The first kappa shape index (κ1) is 23.4. The van der Waals surface area contributed by atoms with Gasteiger partial charge in [0.2, 0.25) is 5.91 Å². The van der Waals surface area contributed by atoms with Gasteiger partial charge < -0.3 is 10.2 Å². The van der Waals surface area contributed by atoms with Crippen LogP contribution < -0.4 is 10.2 Å². The van der Waals surface area contributed by atoms with E-state index in [0.29, 0.717) is 22.5 Å². The van der Waals surface area contributed by atoms with Gasteiger partial charge in [-0.1, -0.05) is 70.5 Å². The van der Waals surface area contributed by atoms with Crippen molar-refractivity contribution in [1.29, 1.82) is 0 Å². The molecule has 9 heteroatoms. The molecule has 0 bridgehead atoms. The van der Waals surface area contributed by atoms with Gasteiger partial charge in [0, 0.05) is 35.9 Å². The molecule has 3 atom stereocenters. The van der Waals surface area contributed by atoms with Crippen LogP contribution in [0.2, 0.25) is 0 Å². The highest BCUT2D eigenvalue weighted by molar-refractivity contribution is 9.09. The molecule has 36 heavy (non-hydrogen) atoms. The van der Waals surface area contributed by atoms with Crippen molar-refractivity contribution in [2.45, 2.75) is 20.6 Å². The lowest BCUT2D eigenvalue weighted by atomic mass is 9.59. The molecule has 2 spiro atoms. The van der Waals surface area contributed by atoms with Gasteiger partial charge in [-0.25, -0.2) is 8.42 Å². The summed E-state index contributed by atoms with van der Waals surface area (Å²) in [4.78, 5) is 32.3. The Labute approximate surface area is 218 Å². The molecule has 6 rings (SSSR count). The zero-order valence-corrected chi connectivity index (χ0v) is 22.1. The number of fused-ring (bicyclic) bond motifs is 5. The minimum Gasteiger partial charge on any atom is -0.324 e. The van der Waals surface area contributed by atoms with E-state index < -0.39 is 37.4 Å². The quantitative estimate of drug-likeness (QED) is 0.492. The van der Waals surface area contributed by atoms with E-state index in [1.807, 2.05) is 24.3 Å². The molecule has 0 aromatic heterocycles. The number of anilines is 2. The molecule has 1 saturated heterocycles. The highest BCUT2D eigenvalue weighted by Gasteiger charge is 2.85. The van der Waals surface area contributed by atoms with Crippen molar-refractivity contribution >= 4 is 49.0 Å². The number of hydrogen-bond donors (Lipinski definition) is 1. The lowest BCUT2D eigenvalue weighted by Gasteiger charge is -2.47. The number of sulfone groups is 1. The number of alkyl halides is 1. The Kier molecular flexibility index (Phi) is 4.88. The van der Waals surface area contributed by atoms with Crippen molar-refractivity contribution in [2.24, 2.45) is 0 Å². The Bertz CT molecular complexity index is 1550. The number of para-hydroxylation sites is 2. The van der Waals surface area contributed by atoms with E-state index in [4.69, 9.17) is 0 Å². The van der Waals surface area contributed by atoms with Gasteiger partial charge >= 0.3 is 0 Å². The van der Waals surface area contributed by atoms with Gasteiger partial charge in [-0.05, 0) is 36.9 Å². The predicted molar refractivity (Wildman–Crippen MR) is 141 cm³/mol. The monoisotopic (exact) mass is 565 g/mol. The Hall–Kier alpha value is -3.01. The Balaban J connectivity index is 1.83. The van der Waals surface area contributed by atoms with Crippen LogP contribution in [0.3, 0.4) is 0 Å². The van der Waals surface area contributed by atoms with Crippen molar-refractivity contribution in [2.75, 3.05) is 36.2 Å². The minimum atomic E-state index is -4.18. The number of likely N-dealkylation sites (tertiary alicyclic amines) is 1. The minimum absolute atomic E-state index is 0.0366. The molecule has 7 nitrogen and oxygen atoms in total. The van der Waals surface area contributed by atoms with E-state index in [-0.39, 0.29) is 16.8 Å². The molecule has 0 unspecified atom stereocenters. The summed E-state index contributed by atoms with van der Waals surface area (Å²) < 4.78 is 27.8. The molecule has 0 radical (unpaired) electrons. The molecule has 3 aromatic carbocycles. The SMILES string of the molecule is CN1C(=O)[C@]2(c3ccccc31)[C@@](CBr)(S(=O)(=O)c1ccccc1)CN(C)[C@]21C(=O)Nc2ccccc21. The van der Waals surface area contributed by atoms with Gasteiger partial charge in [0.05, 0.1) is 4.90 Å². The third kappa shape index (κ3) is 2.30. The van der Waals surface area contributed by atoms with Crippen molar-refractivity contribution in [3.63, 3.8) is 0 Å². The van der Waals surface area contributed by atoms with E-state index in [1.165, 1.54) is 4.90 Å².